The SMILES string of the molecule is CCCCc1ccc(C(=O)N(CC(=O)N2CCc3sccc3C2c2ccc(C)cc2)CC(C)C)cc1. The minimum atomic E-state index is -0.109. The summed E-state index contributed by atoms with van der Waals surface area (Å²) in [6, 6.07) is 18.5. The number of hydrogen-bond acceptors (Lipinski definition) is 3. The quantitative estimate of drug-likeness (QED) is 0.328. The third-order valence-corrected chi connectivity index (χ3v) is 7.89. The summed E-state index contributed by atoms with van der Waals surface area (Å²) >= 11 is 1.77. The zero-order valence-electron chi connectivity index (χ0n) is 22.0. The minimum Gasteiger partial charge on any atom is -0.330 e. The summed E-state index contributed by atoms with van der Waals surface area (Å²) in [5, 5.41) is 2.12. The average Bonchev–Trinajstić information content (AvgIpc) is 3.35. The number of aryl methyl sites for hydroxylation is 2. The fraction of sp³-hybridized carbons (Fsp3) is 0.419. The lowest BCUT2D eigenvalue weighted by Crippen LogP contribution is -2.47. The summed E-state index contributed by atoms with van der Waals surface area (Å²) in [7, 11) is 0. The van der Waals surface area contributed by atoms with Crippen LogP contribution in [0.15, 0.2) is 60.0 Å². The van der Waals surface area contributed by atoms with Crippen LogP contribution in [0.4, 0.5) is 0 Å². The van der Waals surface area contributed by atoms with Gasteiger partial charge < -0.3 is 9.80 Å². The second-order valence-electron chi connectivity index (χ2n) is 10.3. The van der Waals surface area contributed by atoms with Gasteiger partial charge in [0.2, 0.25) is 5.91 Å². The van der Waals surface area contributed by atoms with Crippen molar-refractivity contribution in [2.75, 3.05) is 19.6 Å². The van der Waals surface area contributed by atoms with Crippen LogP contribution in [0.2, 0.25) is 0 Å². The Morgan fingerprint density at radius 2 is 1.78 bits per heavy atom. The van der Waals surface area contributed by atoms with E-state index in [4.69, 9.17) is 0 Å². The molecule has 0 spiro atoms. The fourth-order valence-corrected chi connectivity index (χ4v) is 5.89. The van der Waals surface area contributed by atoms with Gasteiger partial charge in [-0.05, 0) is 72.4 Å². The van der Waals surface area contributed by atoms with E-state index in [0.29, 0.717) is 18.7 Å². The van der Waals surface area contributed by atoms with E-state index in [1.54, 1.807) is 16.2 Å². The molecule has 3 aromatic rings. The third-order valence-electron chi connectivity index (χ3n) is 6.90. The summed E-state index contributed by atoms with van der Waals surface area (Å²) < 4.78 is 0. The predicted octanol–water partition coefficient (Wildman–Crippen LogP) is 6.67. The molecule has 2 heterocycles. The molecular formula is C31H38N2O2S. The number of carbonyl (C=O) groups excluding carboxylic acids is 2. The van der Waals surface area contributed by atoms with Crippen LogP contribution in [0.25, 0.3) is 0 Å². The summed E-state index contributed by atoms with van der Waals surface area (Å²) in [5.74, 6) is 0.202. The monoisotopic (exact) mass is 502 g/mol. The van der Waals surface area contributed by atoms with Crippen LogP contribution in [-0.2, 0) is 17.6 Å². The molecule has 0 saturated heterocycles. The number of amides is 2. The molecule has 0 bridgehead atoms. The van der Waals surface area contributed by atoms with E-state index >= 15 is 0 Å². The van der Waals surface area contributed by atoms with Gasteiger partial charge in [-0.2, -0.15) is 0 Å². The molecule has 0 saturated carbocycles. The first-order valence-electron chi connectivity index (χ1n) is 13.2. The number of carbonyl (C=O) groups is 2. The van der Waals surface area contributed by atoms with Gasteiger partial charge >= 0.3 is 0 Å². The lowest BCUT2D eigenvalue weighted by Gasteiger charge is -2.38. The van der Waals surface area contributed by atoms with E-state index in [0.717, 1.165) is 31.2 Å². The molecule has 1 aliphatic rings. The number of hydrogen-bond donors (Lipinski definition) is 0. The molecule has 1 aliphatic heterocycles. The zero-order valence-corrected chi connectivity index (χ0v) is 22.8. The maximum atomic E-state index is 13.8. The van der Waals surface area contributed by atoms with E-state index in [2.05, 4.69) is 75.5 Å². The molecule has 4 rings (SSSR count). The van der Waals surface area contributed by atoms with E-state index in [-0.39, 0.29) is 30.3 Å². The topological polar surface area (TPSA) is 40.6 Å². The molecule has 2 aromatic carbocycles. The van der Waals surface area contributed by atoms with Crippen molar-refractivity contribution in [3.8, 4) is 0 Å². The van der Waals surface area contributed by atoms with Gasteiger partial charge in [-0.1, -0.05) is 69.2 Å². The van der Waals surface area contributed by atoms with Gasteiger partial charge in [0.15, 0.2) is 0 Å². The molecule has 36 heavy (non-hydrogen) atoms. The molecule has 5 heteroatoms. The van der Waals surface area contributed by atoms with Crippen LogP contribution in [0.1, 0.15) is 77.1 Å². The standard InChI is InChI=1S/C31H38N2O2S/c1-5-6-7-24-10-14-26(15-11-24)31(35)32(20-22(2)3)21-29(34)33-18-16-28-27(17-19-36-28)30(33)25-12-8-23(4)9-13-25/h8-15,17,19,22,30H,5-7,16,18,20-21H2,1-4H3. The van der Waals surface area contributed by atoms with Gasteiger partial charge in [-0.25, -0.2) is 0 Å². The van der Waals surface area contributed by atoms with Gasteiger partial charge in [-0.3, -0.25) is 9.59 Å². The first-order valence-corrected chi connectivity index (χ1v) is 14.1. The highest BCUT2D eigenvalue weighted by molar-refractivity contribution is 7.10. The molecule has 4 nitrogen and oxygen atoms in total. The van der Waals surface area contributed by atoms with Crippen molar-refractivity contribution in [3.63, 3.8) is 0 Å². The number of benzene rings is 2. The van der Waals surface area contributed by atoms with Gasteiger partial charge in [0, 0.05) is 23.5 Å². The zero-order chi connectivity index (χ0) is 25.7. The fourth-order valence-electron chi connectivity index (χ4n) is 4.98. The van der Waals surface area contributed by atoms with Gasteiger partial charge in [0.05, 0.1) is 6.04 Å². The molecule has 0 N–H and O–H groups in total. The molecule has 1 unspecified atom stereocenters. The largest absolute Gasteiger partial charge is 0.330 e. The molecule has 2 amide bonds. The van der Waals surface area contributed by atoms with Gasteiger partial charge in [0.25, 0.3) is 5.91 Å². The van der Waals surface area contributed by atoms with Crippen LogP contribution in [0, 0.1) is 12.8 Å². The average molecular weight is 503 g/mol. The van der Waals surface area contributed by atoms with Crippen LogP contribution < -0.4 is 0 Å². The van der Waals surface area contributed by atoms with Gasteiger partial charge in [-0.15, -0.1) is 11.3 Å². The van der Waals surface area contributed by atoms with Crippen molar-refractivity contribution in [2.24, 2.45) is 5.92 Å². The van der Waals surface area contributed by atoms with E-state index in [1.165, 1.54) is 21.6 Å². The van der Waals surface area contributed by atoms with Crippen LogP contribution in [0.5, 0.6) is 0 Å². The normalized spacial score (nSPS) is 15.1. The van der Waals surface area contributed by atoms with Crippen molar-refractivity contribution >= 4 is 23.2 Å². The maximum Gasteiger partial charge on any atom is 0.254 e. The maximum absolute atomic E-state index is 13.8. The highest BCUT2D eigenvalue weighted by Gasteiger charge is 2.34. The van der Waals surface area contributed by atoms with Crippen molar-refractivity contribution in [2.45, 2.75) is 59.4 Å². The number of fused-ring (bicyclic) bond motifs is 1. The third kappa shape index (κ3) is 6.07. The Kier molecular flexibility index (Phi) is 8.63. The van der Waals surface area contributed by atoms with Crippen molar-refractivity contribution in [1.82, 2.24) is 9.80 Å². The second kappa shape index (κ2) is 11.9. The highest BCUT2D eigenvalue weighted by atomic mass is 32.1. The molecule has 0 radical (unpaired) electrons. The molecule has 190 valence electrons. The Balaban J connectivity index is 1.56. The Morgan fingerprint density at radius 3 is 2.44 bits per heavy atom. The van der Waals surface area contributed by atoms with Gasteiger partial charge in [0.1, 0.15) is 6.54 Å². The minimum absolute atomic E-state index is 0.00555. The molecular weight excluding hydrogens is 464 g/mol. The summed E-state index contributed by atoms with van der Waals surface area (Å²) in [4.78, 5) is 32.4. The predicted molar refractivity (Wildman–Crippen MR) is 149 cm³/mol. The Bertz CT molecular complexity index is 1160. The summed E-state index contributed by atoms with van der Waals surface area (Å²) in [6.07, 6.45) is 4.18. The van der Waals surface area contributed by atoms with Crippen LogP contribution >= 0.6 is 11.3 Å². The lowest BCUT2D eigenvalue weighted by atomic mass is 9.92. The summed E-state index contributed by atoms with van der Waals surface area (Å²) in [6.45, 7) is 9.75. The number of nitrogens with zero attached hydrogens (tertiary/aromatic N) is 2. The molecule has 0 fully saturated rings. The molecule has 0 aliphatic carbocycles. The van der Waals surface area contributed by atoms with E-state index in [9.17, 15) is 9.59 Å². The number of rotatable bonds is 9. The van der Waals surface area contributed by atoms with Crippen molar-refractivity contribution < 1.29 is 9.59 Å². The lowest BCUT2D eigenvalue weighted by molar-refractivity contribution is -0.134. The molecule has 1 atom stereocenters. The second-order valence-corrected chi connectivity index (χ2v) is 11.3. The first kappa shape index (κ1) is 26.2. The van der Waals surface area contributed by atoms with Crippen molar-refractivity contribution in [1.29, 1.82) is 0 Å². The Labute approximate surface area is 219 Å². The Hall–Kier alpha value is -2.92. The summed E-state index contributed by atoms with van der Waals surface area (Å²) in [5.41, 5.74) is 5.44. The van der Waals surface area contributed by atoms with Crippen LogP contribution in [0.3, 0.4) is 0 Å². The first-order chi connectivity index (χ1) is 17.4. The van der Waals surface area contributed by atoms with Crippen molar-refractivity contribution in [3.05, 3.63) is 92.7 Å². The highest BCUT2D eigenvalue weighted by Crippen LogP contribution is 2.38. The van der Waals surface area contributed by atoms with E-state index in [1.807, 2.05) is 17.0 Å². The van der Waals surface area contributed by atoms with Crippen LogP contribution in [-0.4, -0.2) is 41.2 Å². The number of unbranched alkanes of at least 4 members (excludes halogenated alkanes) is 1. The Morgan fingerprint density at radius 1 is 1.06 bits per heavy atom. The van der Waals surface area contributed by atoms with E-state index < -0.39 is 0 Å². The smallest absolute Gasteiger partial charge is 0.254 e. The number of thiophene rings is 1. The molecule has 1 aromatic heterocycles.